The van der Waals surface area contributed by atoms with Crippen LogP contribution in [0.1, 0.15) is 31.9 Å². The van der Waals surface area contributed by atoms with Crippen LogP contribution in [0.3, 0.4) is 0 Å². The van der Waals surface area contributed by atoms with Gasteiger partial charge >= 0.3 is 19.2 Å². The number of ether oxygens (including phenoxy) is 2. The summed E-state index contributed by atoms with van der Waals surface area (Å²) in [5.41, 5.74) is 1.21. The fourth-order valence-electron chi connectivity index (χ4n) is 3.40. The summed E-state index contributed by atoms with van der Waals surface area (Å²) in [6, 6.07) is 11.7. The summed E-state index contributed by atoms with van der Waals surface area (Å²) in [7, 11) is -0.301. The number of nitrogens with one attached hydrogen (secondary N) is 2. The lowest BCUT2D eigenvalue weighted by Gasteiger charge is -2.25. The van der Waals surface area contributed by atoms with Crippen LogP contribution < -0.4 is 16.1 Å². The van der Waals surface area contributed by atoms with Crippen molar-refractivity contribution in [3.63, 3.8) is 0 Å². The van der Waals surface area contributed by atoms with E-state index >= 15 is 0 Å². The molecule has 36 heavy (non-hydrogen) atoms. The second-order valence-electron chi connectivity index (χ2n) is 9.24. The Labute approximate surface area is 213 Å². The van der Waals surface area contributed by atoms with Crippen LogP contribution in [0.25, 0.3) is 0 Å². The molecule has 0 heterocycles. The van der Waals surface area contributed by atoms with Gasteiger partial charge < -0.3 is 34.7 Å². The number of carbonyl (C=O) groups excluding carboxylic acids is 2. The first kappa shape index (κ1) is 29.5. The molecule has 0 aliphatic carbocycles. The van der Waals surface area contributed by atoms with Crippen LogP contribution in [0.4, 0.5) is 4.79 Å². The zero-order valence-corrected chi connectivity index (χ0v) is 21.6. The van der Waals surface area contributed by atoms with E-state index in [9.17, 15) is 28.4 Å². The van der Waals surface area contributed by atoms with Gasteiger partial charge in [0.15, 0.2) is 11.1 Å². The van der Waals surface area contributed by atoms with Crippen LogP contribution >= 0.6 is 0 Å². The quantitative estimate of drug-likeness (QED) is 0.164. The van der Waals surface area contributed by atoms with E-state index in [0.717, 1.165) is 11.1 Å². The van der Waals surface area contributed by atoms with Crippen molar-refractivity contribution in [2.24, 2.45) is 0 Å². The molecule has 0 aliphatic heterocycles. The molecule has 0 radical (unpaired) electrons. The molecule has 0 aliphatic rings. The van der Waals surface area contributed by atoms with E-state index in [4.69, 9.17) is 9.47 Å². The summed E-state index contributed by atoms with van der Waals surface area (Å²) < 4.78 is 30.8. The molecule has 10 nitrogen and oxygen atoms in total. The van der Waals surface area contributed by atoms with Crippen molar-refractivity contribution in [1.82, 2.24) is 10.6 Å². The Morgan fingerprint density at radius 2 is 1.56 bits per heavy atom. The van der Waals surface area contributed by atoms with Crippen molar-refractivity contribution in [2.75, 3.05) is 13.7 Å². The van der Waals surface area contributed by atoms with Gasteiger partial charge in [-0.2, -0.15) is 0 Å². The monoisotopic (exact) mass is 520 g/mol. The molecule has 0 saturated heterocycles. The van der Waals surface area contributed by atoms with Gasteiger partial charge in [-0.3, -0.25) is 4.79 Å². The largest absolute Gasteiger partial charge is 0.488 e. The minimum Gasteiger partial charge on any atom is -0.468 e. The molecular formula is C24H33BN2O8S. The van der Waals surface area contributed by atoms with Crippen LogP contribution in [0, 0.1) is 0 Å². The van der Waals surface area contributed by atoms with Crippen LogP contribution in [0.2, 0.25) is 0 Å². The fourth-order valence-corrected chi connectivity index (χ4v) is 3.77. The number of rotatable bonds is 11. The molecule has 1 amide bonds. The number of hydrogen-bond donors (Lipinski definition) is 5. The number of carbonyl (C=O) groups is 2. The molecule has 196 valence electrons. The molecule has 5 N–H and O–H groups in total. The highest BCUT2D eigenvalue weighted by Crippen LogP contribution is 2.12. The lowest BCUT2D eigenvalue weighted by Crippen LogP contribution is -2.50. The van der Waals surface area contributed by atoms with Crippen molar-refractivity contribution in [3.05, 3.63) is 59.7 Å². The number of benzene rings is 2. The average Bonchev–Trinajstić information content (AvgIpc) is 2.80. The molecule has 0 fully saturated rings. The molecule has 0 aromatic heterocycles. The zero-order valence-electron chi connectivity index (χ0n) is 20.8. The predicted molar refractivity (Wildman–Crippen MR) is 136 cm³/mol. The van der Waals surface area contributed by atoms with E-state index in [1.54, 1.807) is 57.2 Å². The van der Waals surface area contributed by atoms with Gasteiger partial charge in [0.2, 0.25) is 0 Å². The maximum atomic E-state index is 12.4. The van der Waals surface area contributed by atoms with E-state index < -0.39 is 47.9 Å². The van der Waals surface area contributed by atoms with Gasteiger partial charge in [0.05, 0.1) is 12.0 Å². The van der Waals surface area contributed by atoms with Gasteiger partial charge in [0.1, 0.15) is 11.6 Å². The number of alkyl carbamates (subject to hydrolysis) is 1. The number of hydrogen-bond acceptors (Lipinski definition) is 8. The molecular weight excluding hydrogens is 487 g/mol. The van der Waals surface area contributed by atoms with Gasteiger partial charge in [-0.05, 0) is 62.3 Å². The molecule has 0 spiro atoms. The Morgan fingerprint density at radius 3 is 2.06 bits per heavy atom. The van der Waals surface area contributed by atoms with Crippen molar-refractivity contribution in [3.8, 4) is 0 Å². The molecule has 2 aromatic carbocycles. The van der Waals surface area contributed by atoms with Gasteiger partial charge in [-0.1, -0.05) is 36.4 Å². The summed E-state index contributed by atoms with van der Waals surface area (Å²) in [6.45, 7) is 5.45. The van der Waals surface area contributed by atoms with Crippen molar-refractivity contribution < 1.29 is 37.9 Å². The third kappa shape index (κ3) is 10.1. The van der Waals surface area contributed by atoms with Gasteiger partial charge in [0, 0.05) is 12.6 Å². The molecule has 2 aromatic rings. The molecule has 2 rings (SSSR count). The summed E-state index contributed by atoms with van der Waals surface area (Å²) in [4.78, 5) is 25.2. The normalized spacial score (nSPS) is 13.9. The number of methoxy groups -OCH3 is 1. The second kappa shape index (κ2) is 13.5. The van der Waals surface area contributed by atoms with Crippen LogP contribution in [0.5, 0.6) is 0 Å². The van der Waals surface area contributed by atoms with Crippen molar-refractivity contribution in [1.29, 1.82) is 0 Å². The second-order valence-corrected chi connectivity index (χ2v) is 10.2. The van der Waals surface area contributed by atoms with E-state index in [-0.39, 0.29) is 17.9 Å². The van der Waals surface area contributed by atoms with E-state index in [0.29, 0.717) is 11.9 Å². The SMILES string of the molecule is COC(=O)[C@H](Cc1ccc(B(O)O)cc1)NC[C@H](Cc1ccc(S(=O)O)cc1)NC(=O)OC(C)(C)C. The highest BCUT2D eigenvalue weighted by atomic mass is 32.2. The first-order chi connectivity index (χ1) is 16.9. The topological polar surface area (TPSA) is 154 Å². The lowest BCUT2D eigenvalue weighted by atomic mass is 9.80. The lowest BCUT2D eigenvalue weighted by molar-refractivity contribution is -0.143. The minimum absolute atomic E-state index is 0.195. The van der Waals surface area contributed by atoms with Crippen LogP contribution in [0.15, 0.2) is 53.4 Å². The average molecular weight is 520 g/mol. The van der Waals surface area contributed by atoms with E-state index in [1.807, 2.05) is 0 Å². The Hall–Kier alpha value is -2.77. The molecule has 0 bridgehead atoms. The standard InChI is InChI=1S/C24H33BN2O8S/c1-24(2,3)35-23(29)27-19(13-16-7-11-20(12-8-16)36(32)33)15-26-21(22(28)34-4)14-17-5-9-18(10-6-17)25(30)31/h5-12,19,21,26,30-31H,13-15H2,1-4H3,(H,27,29)(H,32,33)/t19-,21-/m0/s1. The summed E-state index contributed by atoms with van der Waals surface area (Å²) in [5, 5.41) is 24.5. The van der Waals surface area contributed by atoms with Crippen molar-refractivity contribution >= 4 is 35.7 Å². The Bertz CT molecular complexity index is 1030. The summed E-state index contributed by atoms with van der Waals surface area (Å²) in [6.07, 6.45) is 0.0156. The Kier molecular flexibility index (Phi) is 11.1. The van der Waals surface area contributed by atoms with E-state index in [2.05, 4.69) is 10.6 Å². The number of esters is 1. The third-order valence-corrected chi connectivity index (χ3v) is 5.82. The summed E-state index contributed by atoms with van der Waals surface area (Å²) in [5.74, 6) is -0.493. The van der Waals surface area contributed by atoms with Crippen LogP contribution in [-0.4, -0.2) is 69.3 Å². The highest BCUT2D eigenvalue weighted by Gasteiger charge is 2.24. The Morgan fingerprint density at radius 1 is 1.00 bits per heavy atom. The fraction of sp³-hybridized carbons (Fsp3) is 0.417. The molecule has 12 heteroatoms. The van der Waals surface area contributed by atoms with Gasteiger partial charge in [-0.15, -0.1) is 0 Å². The zero-order chi connectivity index (χ0) is 26.9. The first-order valence-corrected chi connectivity index (χ1v) is 12.4. The van der Waals surface area contributed by atoms with Gasteiger partial charge in [0.25, 0.3) is 0 Å². The highest BCUT2D eigenvalue weighted by molar-refractivity contribution is 7.79. The first-order valence-electron chi connectivity index (χ1n) is 11.3. The molecule has 0 saturated carbocycles. The molecule has 1 unspecified atom stereocenters. The smallest absolute Gasteiger partial charge is 0.468 e. The third-order valence-electron chi connectivity index (χ3n) is 5.14. The van der Waals surface area contributed by atoms with E-state index in [1.165, 1.54) is 19.2 Å². The van der Waals surface area contributed by atoms with Crippen LogP contribution in [-0.2, 0) is 38.2 Å². The Balaban J connectivity index is 2.15. The maximum Gasteiger partial charge on any atom is 0.488 e. The van der Waals surface area contributed by atoms with Gasteiger partial charge in [-0.25, -0.2) is 9.00 Å². The molecule has 3 atom stereocenters. The maximum absolute atomic E-state index is 12.4. The minimum atomic E-state index is -2.09. The number of amides is 1. The predicted octanol–water partition coefficient (Wildman–Crippen LogP) is 0.757. The summed E-state index contributed by atoms with van der Waals surface area (Å²) >= 11 is -2.09. The van der Waals surface area contributed by atoms with Crippen molar-refractivity contribution in [2.45, 2.75) is 56.2 Å².